The Morgan fingerprint density at radius 1 is 1.53 bits per heavy atom. The van der Waals surface area contributed by atoms with Crippen LogP contribution >= 0.6 is 0 Å². The highest BCUT2D eigenvalue weighted by Crippen LogP contribution is 2.12. The third-order valence-corrected chi connectivity index (χ3v) is 2.73. The van der Waals surface area contributed by atoms with Gasteiger partial charge in [-0.25, -0.2) is 4.79 Å². The second-order valence-electron chi connectivity index (χ2n) is 4.05. The fourth-order valence-electron chi connectivity index (χ4n) is 1.81. The lowest BCUT2D eigenvalue weighted by molar-refractivity contribution is -0.131. The van der Waals surface area contributed by atoms with Crippen LogP contribution in [0.25, 0.3) is 0 Å². The summed E-state index contributed by atoms with van der Waals surface area (Å²) in [6, 6.07) is -0.932. The number of amides is 4. The molecule has 17 heavy (non-hydrogen) atoms. The van der Waals surface area contributed by atoms with Gasteiger partial charge < -0.3 is 10.6 Å². The highest BCUT2D eigenvalue weighted by atomic mass is 16.2. The van der Waals surface area contributed by atoms with E-state index in [1.165, 1.54) is 4.90 Å². The summed E-state index contributed by atoms with van der Waals surface area (Å²) in [4.78, 5) is 35.3. The van der Waals surface area contributed by atoms with Gasteiger partial charge >= 0.3 is 6.03 Å². The SMILES string of the molecule is CCCNC(=O)N1CCCC[C@H](NC=O)C1=O. The first kappa shape index (κ1) is 13.5. The van der Waals surface area contributed by atoms with E-state index < -0.39 is 6.04 Å². The maximum Gasteiger partial charge on any atom is 0.324 e. The van der Waals surface area contributed by atoms with Gasteiger partial charge in [0.25, 0.3) is 5.91 Å². The van der Waals surface area contributed by atoms with E-state index in [2.05, 4.69) is 10.6 Å². The molecule has 0 radical (unpaired) electrons. The van der Waals surface area contributed by atoms with E-state index in [4.69, 9.17) is 0 Å². The minimum atomic E-state index is -0.567. The Morgan fingerprint density at radius 2 is 2.29 bits per heavy atom. The summed E-state index contributed by atoms with van der Waals surface area (Å²) in [6.45, 7) is 2.92. The summed E-state index contributed by atoms with van der Waals surface area (Å²) in [7, 11) is 0. The first-order chi connectivity index (χ1) is 8.20. The number of hydrogen-bond donors (Lipinski definition) is 2. The third kappa shape index (κ3) is 3.72. The molecule has 4 amide bonds. The highest BCUT2D eigenvalue weighted by Gasteiger charge is 2.30. The molecule has 96 valence electrons. The van der Waals surface area contributed by atoms with Gasteiger partial charge in [0.1, 0.15) is 6.04 Å². The second-order valence-corrected chi connectivity index (χ2v) is 4.05. The van der Waals surface area contributed by atoms with Gasteiger partial charge in [-0.05, 0) is 25.7 Å². The van der Waals surface area contributed by atoms with Crippen LogP contribution in [-0.2, 0) is 9.59 Å². The number of likely N-dealkylation sites (tertiary alicyclic amines) is 1. The zero-order valence-electron chi connectivity index (χ0n) is 10.1. The van der Waals surface area contributed by atoms with Gasteiger partial charge in [-0.1, -0.05) is 6.92 Å². The van der Waals surface area contributed by atoms with Crippen molar-refractivity contribution in [3.63, 3.8) is 0 Å². The van der Waals surface area contributed by atoms with Gasteiger partial charge in [0.05, 0.1) is 0 Å². The van der Waals surface area contributed by atoms with E-state index >= 15 is 0 Å². The van der Waals surface area contributed by atoms with Crippen LogP contribution in [0, 0.1) is 0 Å². The highest BCUT2D eigenvalue weighted by molar-refractivity contribution is 5.97. The van der Waals surface area contributed by atoms with Crippen molar-refractivity contribution in [1.82, 2.24) is 15.5 Å². The van der Waals surface area contributed by atoms with Crippen molar-refractivity contribution in [2.45, 2.75) is 38.6 Å². The smallest absolute Gasteiger partial charge is 0.324 e. The molecule has 0 aromatic rings. The molecular formula is C11H19N3O3. The van der Waals surface area contributed by atoms with Gasteiger partial charge in [0.15, 0.2) is 0 Å². The Balaban J connectivity index is 2.64. The Morgan fingerprint density at radius 3 is 2.94 bits per heavy atom. The molecular weight excluding hydrogens is 222 g/mol. The number of nitrogens with zero attached hydrogens (tertiary/aromatic N) is 1. The van der Waals surface area contributed by atoms with Crippen molar-refractivity contribution in [2.75, 3.05) is 13.1 Å². The maximum absolute atomic E-state index is 12.0. The molecule has 0 spiro atoms. The van der Waals surface area contributed by atoms with Crippen LogP contribution in [0.1, 0.15) is 32.6 Å². The lowest BCUT2D eigenvalue weighted by Gasteiger charge is -2.22. The van der Waals surface area contributed by atoms with Crippen LogP contribution in [0.3, 0.4) is 0 Å². The van der Waals surface area contributed by atoms with Crippen molar-refractivity contribution in [3.05, 3.63) is 0 Å². The number of carbonyl (C=O) groups is 3. The normalized spacial score (nSPS) is 20.6. The third-order valence-electron chi connectivity index (χ3n) is 2.73. The largest absolute Gasteiger partial charge is 0.347 e. The van der Waals surface area contributed by atoms with Crippen LogP contribution in [0.15, 0.2) is 0 Å². The minimum Gasteiger partial charge on any atom is -0.347 e. The van der Waals surface area contributed by atoms with Gasteiger partial charge in [0.2, 0.25) is 6.41 Å². The molecule has 0 unspecified atom stereocenters. The summed E-state index contributed by atoms with van der Waals surface area (Å²) in [6.07, 6.45) is 3.53. The van der Waals surface area contributed by atoms with Crippen LogP contribution < -0.4 is 10.6 Å². The van der Waals surface area contributed by atoms with E-state index in [9.17, 15) is 14.4 Å². The number of urea groups is 1. The van der Waals surface area contributed by atoms with E-state index in [1.54, 1.807) is 0 Å². The summed E-state index contributed by atoms with van der Waals surface area (Å²) >= 11 is 0. The van der Waals surface area contributed by atoms with Crippen molar-refractivity contribution in [3.8, 4) is 0 Å². The first-order valence-corrected chi connectivity index (χ1v) is 5.99. The molecule has 6 heteroatoms. The van der Waals surface area contributed by atoms with Gasteiger partial charge in [-0.15, -0.1) is 0 Å². The maximum atomic E-state index is 12.0. The van der Waals surface area contributed by atoms with Gasteiger partial charge in [-0.3, -0.25) is 14.5 Å². The number of nitrogens with one attached hydrogen (secondary N) is 2. The van der Waals surface area contributed by atoms with Crippen LogP contribution in [0.4, 0.5) is 4.79 Å². The molecule has 1 saturated heterocycles. The lowest BCUT2D eigenvalue weighted by Crippen LogP contribution is -2.50. The molecule has 0 aromatic heterocycles. The van der Waals surface area contributed by atoms with Crippen molar-refractivity contribution in [2.24, 2.45) is 0 Å². The van der Waals surface area contributed by atoms with Crippen LogP contribution in [-0.4, -0.2) is 42.4 Å². The number of hydrogen-bond acceptors (Lipinski definition) is 3. The van der Waals surface area contributed by atoms with Gasteiger partial charge in [0, 0.05) is 13.1 Å². The summed E-state index contributed by atoms with van der Waals surface area (Å²) < 4.78 is 0. The summed E-state index contributed by atoms with van der Waals surface area (Å²) in [5, 5.41) is 5.14. The lowest BCUT2D eigenvalue weighted by atomic mass is 10.1. The molecule has 1 aliphatic rings. The molecule has 1 heterocycles. The Labute approximate surface area is 101 Å². The molecule has 1 fully saturated rings. The Bertz CT molecular complexity index is 294. The van der Waals surface area contributed by atoms with E-state index in [-0.39, 0.29) is 11.9 Å². The van der Waals surface area contributed by atoms with Crippen molar-refractivity contribution < 1.29 is 14.4 Å². The fourth-order valence-corrected chi connectivity index (χ4v) is 1.81. The average Bonchev–Trinajstić information content (AvgIpc) is 2.50. The topological polar surface area (TPSA) is 78.5 Å². The van der Waals surface area contributed by atoms with Crippen molar-refractivity contribution >= 4 is 18.3 Å². The molecule has 0 aliphatic carbocycles. The van der Waals surface area contributed by atoms with E-state index in [0.717, 1.165) is 19.3 Å². The van der Waals surface area contributed by atoms with Crippen LogP contribution in [0.5, 0.6) is 0 Å². The Kier molecular flexibility index (Phi) is 5.45. The Hall–Kier alpha value is -1.59. The molecule has 0 aromatic carbocycles. The molecule has 1 rings (SSSR count). The molecule has 1 aliphatic heterocycles. The molecule has 0 bridgehead atoms. The van der Waals surface area contributed by atoms with Crippen LogP contribution in [0.2, 0.25) is 0 Å². The quantitative estimate of drug-likeness (QED) is 0.692. The zero-order valence-corrected chi connectivity index (χ0v) is 10.1. The fraction of sp³-hybridized carbons (Fsp3) is 0.727. The number of imide groups is 1. The first-order valence-electron chi connectivity index (χ1n) is 5.99. The number of rotatable bonds is 4. The zero-order chi connectivity index (χ0) is 12.7. The molecule has 1 atom stereocenters. The monoisotopic (exact) mass is 241 g/mol. The molecule has 2 N–H and O–H groups in total. The van der Waals surface area contributed by atoms with Crippen molar-refractivity contribution in [1.29, 1.82) is 0 Å². The number of carbonyl (C=O) groups excluding carboxylic acids is 3. The predicted molar refractivity (Wildman–Crippen MR) is 62.2 cm³/mol. The summed E-state index contributed by atoms with van der Waals surface area (Å²) in [5.41, 5.74) is 0. The van der Waals surface area contributed by atoms with Gasteiger partial charge in [-0.2, -0.15) is 0 Å². The summed E-state index contributed by atoms with van der Waals surface area (Å²) in [5.74, 6) is -0.316. The molecule has 6 nitrogen and oxygen atoms in total. The standard InChI is InChI=1S/C11H19N3O3/c1-2-6-12-11(17)14-7-4-3-5-9(10(14)16)13-8-15/h8-9H,2-7H2,1H3,(H,12,17)(H,13,15)/t9-/m0/s1. The minimum absolute atomic E-state index is 0.316. The van der Waals surface area contributed by atoms with E-state index in [1.807, 2.05) is 6.92 Å². The predicted octanol–water partition coefficient (Wildman–Crippen LogP) is 0.233. The van der Waals surface area contributed by atoms with E-state index in [0.29, 0.717) is 25.9 Å². The second kappa shape index (κ2) is 6.88. The molecule has 0 saturated carbocycles. The average molecular weight is 241 g/mol.